The average molecular weight is 397 g/mol. The van der Waals surface area contributed by atoms with Gasteiger partial charge >= 0.3 is 5.97 Å². The van der Waals surface area contributed by atoms with Crippen molar-refractivity contribution in [3.8, 4) is 11.5 Å². The first-order valence-electron chi connectivity index (χ1n) is 8.50. The molecule has 0 fully saturated rings. The van der Waals surface area contributed by atoms with Crippen molar-refractivity contribution in [2.45, 2.75) is 18.4 Å². The van der Waals surface area contributed by atoms with Crippen LogP contribution in [0.5, 0.6) is 11.5 Å². The third-order valence-electron chi connectivity index (χ3n) is 4.12. The largest absolute Gasteiger partial charge is 0.478 e. The topological polar surface area (TPSA) is 92.7 Å². The van der Waals surface area contributed by atoms with Crippen molar-refractivity contribution < 1.29 is 23.1 Å². The predicted molar refractivity (Wildman–Crippen MR) is 105 cm³/mol. The highest BCUT2D eigenvalue weighted by molar-refractivity contribution is 7.89. The SMILES string of the molecule is Cc1ccccc1Oc1ccc(S(=O)(=O)NCc2ccc(C(=O)O)cc2)cc1. The van der Waals surface area contributed by atoms with E-state index in [-0.39, 0.29) is 17.0 Å². The minimum Gasteiger partial charge on any atom is -0.478 e. The molecule has 0 unspecified atom stereocenters. The van der Waals surface area contributed by atoms with Crippen molar-refractivity contribution in [2.24, 2.45) is 0 Å². The van der Waals surface area contributed by atoms with Crippen molar-refractivity contribution in [2.75, 3.05) is 0 Å². The molecule has 0 bridgehead atoms. The molecule has 0 saturated heterocycles. The lowest BCUT2D eigenvalue weighted by molar-refractivity contribution is 0.0697. The van der Waals surface area contributed by atoms with Gasteiger partial charge in [0.2, 0.25) is 10.0 Å². The summed E-state index contributed by atoms with van der Waals surface area (Å²) >= 11 is 0. The number of rotatable bonds is 7. The lowest BCUT2D eigenvalue weighted by Gasteiger charge is -2.10. The highest BCUT2D eigenvalue weighted by atomic mass is 32.2. The fraction of sp³-hybridized carbons (Fsp3) is 0.0952. The van der Waals surface area contributed by atoms with Gasteiger partial charge in [0.05, 0.1) is 10.5 Å². The Balaban J connectivity index is 1.66. The van der Waals surface area contributed by atoms with Gasteiger partial charge < -0.3 is 9.84 Å². The minimum atomic E-state index is -3.70. The van der Waals surface area contributed by atoms with Crippen molar-refractivity contribution in [3.05, 3.63) is 89.5 Å². The normalized spacial score (nSPS) is 11.2. The van der Waals surface area contributed by atoms with E-state index < -0.39 is 16.0 Å². The summed E-state index contributed by atoms with van der Waals surface area (Å²) in [4.78, 5) is 11.0. The maximum absolute atomic E-state index is 12.5. The molecule has 0 aliphatic carbocycles. The first-order chi connectivity index (χ1) is 13.3. The van der Waals surface area contributed by atoms with Crippen LogP contribution in [-0.4, -0.2) is 19.5 Å². The zero-order valence-electron chi connectivity index (χ0n) is 15.1. The van der Waals surface area contributed by atoms with Crippen LogP contribution in [0.3, 0.4) is 0 Å². The summed E-state index contributed by atoms with van der Waals surface area (Å²) in [5, 5.41) is 8.89. The number of nitrogens with one attached hydrogen (secondary N) is 1. The standard InChI is InChI=1S/C21H19NO5S/c1-15-4-2-3-5-20(15)27-18-10-12-19(13-11-18)28(25,26)22-14-16-6-8-17(9-7-16)21(23)24/h2-13,22H,14H2,1H3,(H,23,24). The van der Waals surface area contributed by atoms with E-state index >= 15 is 0 Å². The number of carboxylic acid groups (broad SMARTS) is 1. The molecule has 28 heavy (non-hydrogen) atoms. The summed E-state index contributed by atoms with van der Waals surface area (Å²) in [6, 6.07) is 19.7. The van der Waals surface area contributed by atoms with Gasteiger partial charge in [0.15, 0.2) is 0 Å². The molecule has 0 heterocycles. The Labute approximate surface area is 163 Å². The maximum atomic E-state index is 12.5. The van der Waals surface area contributed by atoms with E-state index in [0.717, 1.165) is 5.56 Å². The molecular weight excluding hydrogens is 378 g/mol. The molecule has 0 amide bonds. The van der Waals surface area contributed by atoms with Crippen molar-refractivity contribution in [1.82, 2.24) is 4.72 Å². The molecule has 0 saturated carbocycles. The van der Waals surface area contributed by atoms with Gasteiger partial charge in [-0.25, -0.2) is 17.9 Å². The number of benzene rings is 3. The molecule has 3 aromatic carbocycles. The van der Waals surface area contributed by atoms with Gasteiger partial charge in [-0.05, 0) is 60.5 Å². The van der Waals surface area contributed by atoms with E-state index in [1.165, 1.54) is 24.3 Å². The summed E-state index contributed by atoms with van der Waals surface area (Å²) < 4.78 is 33.2. The molecule has 6 nitrogen and oxygen atoms in total. The molecule has 2 N–H and O–H groups in total. The third kappa shape index (κ3) is 4.76. The Morgan fingerprint density at radius 1 is 0.964 bits per heavy atom. The fourth-order valence-electron chi connectivity index (χ4n) is 2.51. The van der Waals surface area contributed by atoms with Gasteiger partial charge in [-0.2, -0.15) is 0 Å². The molecule has 0 aromatic heterocycles. The molecule has 144 valence electrons. The summed E-state index contributed by atoms with van der Waals surface area (Å²) in [6.07, 6.45) is 0. The summed E-state index contributed by atoms with van der Waals surface area (Å²) in [7, 11) is -3.70. The van der Waals surface area contributed by atoms with Crippen LogP contribution in [0.25, 0.3) is 0 Å². The van der Waals surface area contributed by atoms with Gasteiger partial charge in [-0.3, -0.25) is 0 Å². The number of aromatic carboxylic acids is 1. The van der Waals surface area contributed by atoms with Crippen molar-refractivity contribution in [3.63, 3.8) is 0 Å². The van der Waals surface area contributed by atoms with Gasteiger partial charge in [-0.15, -0.1) is 0 Å². The van der Waals surface area contributed by atoms with Crippen LogP contribution in [0, 0.1) is 6.92 Å². The first-order valence-corrected chi connectivity index (χ1v) is 9.99. The van der Waals surface area contributed by atoms with Crippen LogP contribution >= 0.6 is 0 Å². The Hall–Kier alpha value is -3.16. The lowest BCUT2D eigenvalue weighted by Crippen LogP contribution is -2.23. The predicted octanol–water partition coefficient (Wildman–Crippen LogP) is 3.96. The van der Waals surface area contributed by atoms with E-state index in [1.54, 1.807) is 24.3 Å². The molecule has 0 spiro atoms. The molecule has 0 atom stereocenters. The van der Waals surface area contributed by atoms with E-state index in [1.807, 2.05) is 31.2 Å². The van der Waals surface area contributed by atoms with Crippen LogP contribution < -0.4 is 9.46 Å². The molecular formula is C21H19NO5S. The number of ether oxygens (including phenoxy) is 1. The molecule has 3 rings (SSSR count). The van der Waals surface area contributed by atoms with E-state index in [4.69, 9.17) is 9.84 Å². The zero-order chi connectivity index (χ0) is 20.1. The summed E-state index contributed by atoms with van der Waals surface area (Å²) in [5.41, 5.74) is 1.79. The average Bonchev–Trinajstić information content (AvgIpc) is 2.69. The quantitative estimate of drug-likeness (QED) is 0.629. The minimum absolute atomic E-state index is 0.0592. The second-order valence-corrected chi connectivity index (χ2v) is 7.93. The maximum Gasteiger partial charge on any atom is 0.335 e. The van der Waals surface area contributed by atoms with Crippen LogP contribution in [0.2, 0.25) is 0 Å². The fourth-order valence-corrected chi connectivity index (χ4v) is 3.53. The number of carbonyl (C=O) groups is 1. The Morgan fingerprint density at radius 2 is 1.61 bits per heavy atom. The number of hydrogen-bond donors (Lipinski definition) is 2. The molecule has 0 aliphatic rings. The zero-order valence-corrected chi connectivity index (χ0v) is 15.9. The van der Waals surface area contributed by atoms with E-state index in [0.29, 0.717) is 17.1 Å². The van der Waals surface area contributed by atoms with Crippen molar-refractivity contribution >= 4 is 16.0 Å². The number of hydrogen-bond acceptors (Lipinski definition) is 4. The van der Waals surface area contributed by atoms with Crippen molar-refractivity contribution in [1.29, 1.82) is 0 Å². The van der Waals surface area contributed by atoms with Gasteiger partial charge in [-0.1, -0.05) is 30.3 Å². The number of sulfonamides is 1. The molecule has 7 heteroatoms. The van der Waals surface area contributed by atoms with Crippen LogP contribution in [0.15, 0.2) is 77.7 Å². The molecule has 3 aromatic rings. The van der Waals surface area contributed by atoms with Gasteiger partial charge in [0, 0.05) is 6.54 Å². The van der Waals surface area contributed by atoms with Gasteiger partial charge in [0.25, 0.3) is 0 Å². The van der Waals surface area contributed by atoms with Crippen LogP contribution in [0.4, 0.5) is 0 Å². The third-order valence-corrected chi connectivity index (χ3v) is 5.54. The monoisotopic (exact) mass is 397 g/mol. The van der Waals surface area contributed by atoms with Gasteiger partial charge in [0.1, 0.15) is 11.5 Å². The second-order valence-electron chi connectivity index (χ2n) is 6.17. The number of aryl methyl sites for hydroxylation is 1. The smallest absolute Gasteiger partial charge is 0.335 e. The summed E-state index contributed by atoms with van der Waals surface area (Å²) in [5.74, 6) is 0.221. The Bertz CT molecular complexity index is 1070. The Kier molecular flexibility index (Phi) is 5.77. The van der Waals surface area contributed by atoms with Crippen LogP contribution in [0.1, 0.15) is 21.5 Å². The number of para-hydroxylation sites is 1. The number of carboxylic acids is 1. The highest BCUT2D eigenvalue weighted by Gasteiger charge is 2.14. The molecule has 0 aliphatic heterocycles. The lowest BCUT2D eigenvalue weighted by atomic mass is 10.1. The highest BCUT2D eigenvalue weighted by Crippen LogP contribution is 2.25. The van der Waals surface area contributed by atoms with E-state index in [2.05, 4.69) is 4.72 Å². The first kappa shape index (κ1) is 19.6. The van der Waals surface area contributed by atoms with Crippen LogP contribution in [-0.2, 0) is 16.6 Å². The van der Waals surface area contributed by atoms with E-state index in [9.17, 15) is 13.2 Å². The molecule has 0 radical (unpaired) electrons. The second kappa shape index (κ2) is 8.24. The summed E-state index contributed by atoms with van der Waals surface area (Å²) in [6.45, 7) is 1.99. The Morgan fingerprint density at radius 3 is 2.21 bits per heavy atom.